The molecule has 0 heterocycles. The van der Waals surface area contributed by atoms with E-state index in [4.69, 9.17) is 16.3 Å². The first-order chi connectivity index (χ1) is 12.9. The second-order valence-corrected chi connectivity index (χ2v) is 6.68. The van der Waals surface area contributed by atoms with E-state index in [0.717, 1.165) is 16.2 Å². The van der Waals surface area contributed by atoms with E-state index in [1.54, 1.807) is 43.5 Å². The molecule has 2 aromatic rings. The summed E-state index contributed by atoms with van der Waals surface area (Å²) in [6.07, 6.45) is 0. The highest BCUT2D eigenvalue weighted by molar-refractivity contribution is 6.30. The largest absolute Gasteiger partial charge is 0.497 e. The third-order valence-electron chi connectivity index (χ3n) is 4.14. The summed E-state index contributed by atoms with van der Waals surface area (Å²) >= 11 is 5.93. The predicted molar refractivity (Wildman–Crippen MR) is 108 cm³/mol. The van der Waals surface area contributed by atoms with Gasteiger partial charge in [0, 0.05) is 22.5 Å². The van der Waals surface area contributed by atoms with E-state index in [0.29, 0.717) is 23.0 Å². The second kappa shape index (κ2) is 9.94. The summed E-state index contributed by atoms with van der Waals surface area (Å²) in [5, 5.41) is 6.33. The fraction of sp³-hybridized carbons (Fsp3) is 0.300. The molecule has 1 atom stereocenters. The first kappa shape index (κ1) is 20.7. The highest BCUT2D eigenvalue weighted by Crippen LogP contribution is 2.19. The predicted octanol–water partition coefficient (Wildman–Crippen LogP) is 2.14. The lowest BCUT2D eigenvalue weighted by molar-refractivity contribution is -0.881. The van der Waals surface area contributed by atoms with Gasteiger partial charge in [-0.1, -0.05) is 17.7 Å². The van der Waals surface area contributed by atoms with Gasteiger partial charge in [0.15, 0.2) is 13.1 Å². The zero-order valence-corrected chi connectivity index (χ0v) is 16.5. The summed E-state index contributed by atoms with van der Waals surface area (Å²) in [6, 6.07) is 12.5. The Morgan fingerprint density at radius 2 is 1.78 bits per heavy atom. The zero-order chi connectivity index (χ0) is 19.8. The number of nitrogens with one attached hydrogen (secondary N) is 3. The summed E-state index contributed by atoms with van der Waals surface area (Å²) in [6.45, 7) is 4.87. The van der Waals surface area contributed by atoms with Crippen LogP contribution in [0.1, 0.15) is 12.5 Å². The topological polar surface area (TPSA) is 71.9 Å². The molecule has 0 aliphatic heterocycles. The van der Waals surface area contributed by atoms with E-state index in [2.05, 4.69) is 10.6 Å². The highest BCUT2D eigenvalue weighted by Gasteiger charge is 2.17. The minimum Gasteiger partial charge on any atom is -0.497 e. The molecule has 2 aromatic carbocycles. The number of aryl methyl sites for hydroxylation is 1. The third kappa shape index (κ3) is 6.58. The van der Waals surface area contributed by atoms with E-state index in [-0.39, 0.29) is 24.9 Å². The zero-order valence-electron chi connectivity index (χ0n) is 15.8. The molecule has 2 rings (SSSR count). The second-order valence-electron chi connectivity index (χ2n) is 6.24. The lowest BCUT2D eigenvalue weighted by atomic mass is 10.2. The number of halogens is 1. The Morgan fingerprint density at radius 3 is 2.41 bits per heavy atom. The van der Waals surface area contributed by atoms with Crippen LogP contribution in [0.15, 0.2) is 42.5 Å². The minimum absolute atomic E-state index is 0.147. The van der Waals surface area contributed by atoms with Crippen LogP contribution in [-0.2, 0) is 9.59 Å². The Kier molecular flexibility index (Phi) is 7.64. The van der Waals surface area contributed by atoms with Crippen LogP contribution in [0, 0.1) is 6.92 Å². The van der Waals surface area contributed by atoms with Crippen molar-refractivity contribution >= 4 is 34.8 Å². The molecule has 144 valence electrons. The number of amides is 2. The number of ether oxygens (including phenoxy) is 1. The van der Waals surface area contributed by atoms with Crippen molar-refractivity contribution in [2.75, 3.05) is 37.4 Å². The molecular formula is C20H25ClN3O3+. The maximum absolute atomic E-state index is 12.3. The number of hydrogen-bond acceptors (Lipinski definition) is 3. The first-order valence-electron chi connectivity index (χ1n) is 8.74. The molecule has 3 N–H and O–H groups in total. The standard InChI is InChI=1S/C20H24ClN3O3/c1-4-24(12-19(25)22-16-6-5-7-17(11-16)27-3)13-20(26)23-18-9-8-15(21)10-14(18)2/h5-11H,4,12-13H2,1-3H3,(H,22,25)(H,23,26)/p+1. The van der Waals surface area contributed by atoms with Gasteiger partial charge in [-0.05, 0) is 49.7 Å². The fourth-order valence-electron chi connectivity index (χ4n) is 2.63. The molecule has 0 radical (unpaired) electrons. The number of carbonyl (C=O) groups is 2. The van der Waals surface area contributed by atoms with Crippen LogP contribution in [0.25, 0.3) is 0 Å². The van der Waals surface area contributed by atoms with E-state index in [1.165, 1.54) is 0 Å². The number of anilines is 2. The van der Waals surface area contributed by atoms with Gasteiger partial charge in [-0.25, -0.2) is 0 Å². The van der Waals surface area contributed by atoms with Crippen LogP contribution in [0.4, 0.5) is 11.4 Å². The molecule has 1 unspecified atom stereocenters. The molecule has 0 aliphatic rings. The molecule has 0 aromatic heterocycles. The summed E-state index contributed by atoms with van der Waals surface area (Å²) in [7, 11) is 1.57. The SMILES string of the molecule is CC[NH+](CC(=O)Nc1cccc(OC)c1)CC(=O)Nc1ccc(Cl)cc1C. The Labute approximate surface area is 164 Å². The Morgan fingerprint density at radius 1 is 1.07 bits per heavy atom. The van der Waals surface area contributed by atoms with Crippen molar-refractivity contribution in [2.24, 2.45) is 0 Å². The Balaban J connectivity index is 1.89. The van der Waals surface area contributed by atoms with Gasteiger partial charge in [-0.3, -0.25) is 9.59 Å². The van der Waals surface area contributed by atoms with Crippen LogP contribution in [-0.4, -0.2) is 38.6 Å². The van der Waals surface area contributed by atoms with Gasteiger partial charge >= 0.3 is 0 Å². The van der Waals surface area contributed by atoms with Crippen LogP contribution < -0.4 is 20.3 Å². The van der Waals surface area contributed by atoms with Gasteiger partial charge in [0.25, 0.3) is 11.8 Å². The van der Waals surface area contributed by atoms with Gasteiger partial charge < -0.3 is 20.3 Å². The number of likely N-dealkylation sites (N-methyl/N-ethyl adjacent to an activating group) is 1. The smallest absolute Gasteiger partial charge is 0.279 e. The molecule has 0 bridgehead atoms. The number of carbonyl (C=O) groups excluding carboxylic acids is 2. The van der Waals surface area contributed by atoms with Crippen LogP contribution in [0.3, 0.4) is 0 Å². The van der Waals surface area contributed by atoms with Crippen molar-refractivity contribution in [3.05, 3.63) is 53.1 Å². The fourth-order valence-corrected chi connectivity index (χ4v) is 2.86. The van der Waals surface area contributed by atoms with E-state index >= 15 is 0 Å². The molecule has 7 heteroatoms. The van der Waals surface area contributed by atoms with Crippen molar-refractivity contribution in [1.29, 1.82) is 0 Å². The van der Waals surface area contributed by atoms with Gasteiger partial charge in [0.2, 0.25) is 0 Å². The lowest BCUT2D eigenvalue weighted by Gasteiger charge is -2.17. The first-order valence-corrected chi connectivity index (χ1v) is 9.12. The van der Waals surface area contributed by atoms with Crippen molar-refractivity contribution < 1.29 is 19.2 Å². The lowest BCUT2D eigenvalue weighted by Crippen LogP contribution is -3.13. The maximum atomic E-state index is 12.3. The van der Waals surface area contributed by atoms with E-state index in [9.17, 15) is 9.59 Å². The van der Waals surface area contributed by atoms with E-state index < -0.39 is 0 Å². The molecule has 0 spiro atoms. The maximum Gasteiger partial charge on any atom is 0.279 e. The number of benzene rings is 2. The quantitative estimate of drug-likeness (QED) is 0.646. The monoisotopic (exact) mass is 390 g/mol. The average Bonchev–Trinajstić information content (AvgIpc) is 2.63. The summed E-state index contributed by atoms with van der Waals surface area (Å²) in [5.41, 5.74) is 2.28. The van der Waals surface area contributed by atoms with Gasteiger partial charge in [-0.15, -0.1) is 0 Å². The molecular weight excluding hydrogens is 366 g/mol. The highest BCUT2D eigenvalue weighted by atomic mass is 35.5. The molecule has 0 fully saturated rings. The number of methoxy groups -OCH3 is 1. The number of rotatable bonds is 8. The number of quaternary nitrogens is 1. The molecule has 6 nitrogen and oxygen atoms in total. The van der Waals surface area contributed by atoms with Gasteiger partial charge in [-0.2, -0.15) is 0 Å². The summed E-state index contributed by atoms with van der Waals surface area (Å²) < 4.78 is 5.15. The molecule has 0 saturated carbocycles. The van der Waals surface area contributed by atoms with Crippen molar-refractivity contribution in [1.82, 2.24) is 0 Å². The Hall–Kier alpha value is -2.57. The van der Waals surface area contributed by atoms with Crippen LogP contribution in [0.5, 0.6) is 5.75 Å². The molecule has 0 aliphatic carbocycles. The van der Waals surface area contributed by atoms with Crippen molar-refractivity contribution in [3.63, 3.8) is 0 Å². The third-order valence-corrected chi connectivity index (χ3v) is 4.37. The summed E-state index contributed by atoms with van der Waals surface area (Å²) in [4.78, 5) is 25.5. The average molecular weight is 391 g/mol. The number of hydrogen-bond donors (Lipinski definition) is 3. The van der Waals surface area contributed by atoms with Gasteiger partial charge in [0.1, 0.15) is 5.75 Å². The van der Waals surface area contributed by atoms with Crippen molar-refractivity contribution in [2.45, 2.75) is 13.8 Å². The van der Waals surface area contributed by atoms with Crippen molar-refractivity contribution in [3.8, 4) is 5.75 Å². The van der Waals surface area contributed by atoms with Crippen LogP contribution >= 0.6 is 11.6 Å². The van der Waals surface area contributed by atoms with E-state index in [1.807, 2.05) is 19.9 Å². The Bertz CT molecular complexity index is 811. The van der Waals surface area contributed by atoms with Crippen LogP contribution in [0.2, 0.25) is 5.02 Å². The normalized spacial score (nSPS) is 11.6. The summed E-state index contributed by atoms with van der Waals surface area (Å²) in [5.74, 6) is 0.368. The molecule has 2 amide bonds. The van der Waals surface area contributed by atoms with Gasteiger partial charge in [0.05, 0.1) is 13.7 Å². The molecule has 27 heavy (non-hydrogen) atoms. The molecule has 0 saturated heterocycles. The minimum atomic E-state index is -0.157.